The maximum Gasteiger partial charge on any atom is 0.241 e. The first-order valence-electron chi connectivity index (χ1n) is 5.24. The molecule has 1 fully saturated rings. The number of amides is 2. The van der Waals surface area contributed by atoms with Crippen molar-refractivity contribution in [3.8, 4) is 0 Å². The molecule has 1 aliphatic heterocycles. The van der Waals surface area contributed by atoms with Crippen LogP contribution in [0.1, 0.15) is 13.3 Å². The van der Waals surface area contributed by atoms with E-state index in [0.717, 1.165) is 0 Å². The van der Waals surface area contributed by atoms with E-state index < -0.39 is 0 Å². The summed E-state index contributed by atoms with van der Waals surface area (Å²) in [6.07, 6.45) is 0.427. The Morgan fingerprint density at radius 1 is 1.40 bits per heavy atom. The summed E-state index contributed by atoms with van der Waals surface area (Å²) in [7, 11) is 3.58. The van der Waals surface area contributed by atoms with Gasteiger partial charge in [0.1, 0.15) is 6.54 Å². The largest absolute Gasteiger partial charge is 0.344 e. The van der Waals surface area contributed by atoms with Crippen molar-refractivity contribution < 1.29 is 9.59 Å². The van der Waals surface area contributed by atoms with Gasteiger partial charge in [-0.1, -0.05) is 0 Å². The van der Waals surface area contributed by atoms with Crippen molar-refractivity contribution in [2.75, 3.05) is 33.7 Å². The monoisotopic (exact) mass is 213 g/mol. The van der Waals surface area contributed by atoms with Gasteiger partial charge in [-0.15, -0.1) is 0 Å². The Labute approximate surface area is 90.4 Å². The Kier molecular flexibility index (Phi) is 4.08. The van der Waals surface area contributed by atoms with Crippen molar-refractivity contribution in [1.82, 2.24) is 15.1 Å². The first-order valence-corrected chi connectivity index (χ1v) is 5.24. The lowest BCUT2D eigenvalue weighted by Crippen LogP contribution is -2.45. The number of rotatable bonds is 3. The minimum Gasteiger partial charge on any atom is -0.344 e. The molecule has 1 aliphatic rings. The Morgan fingerprint density at radius 3 is 2.67 bits per heavy atom. The summed E-state index contributed by atoms with van der Waals surface area (Å²) in [4.78, 5) is 26.6. The molecule has 0 bridgehead atoms. The molecule has 0 radical (unpaired) electrons. The van der Waals surface area contributed by atoms with Crippen molar-refractivity contribution in [1.29, 1.82) is 0 Å². The van der Waals surface area contributed by atoms with Crippen molar-refractivity contribution in [3.63, 3.8) is 0 Å². The second-order valence-corrected chi connectivity index (χ2v) is 3.99. The van der Waals surface area contributed by atoms with Crippen LogP contribution in [0.3, 0.4) is 0 Å². The molecule has 1 N–H and O–H groups in total. The van der Waals surface area contributed by atoms with Gasteiger partial charge in [-0.05, 0) is 14.0 Å². The highest BCUT2D eigenvalue weighted by atomic mass is 16.2. The summed E-state index contributed by atoms with van der Waals surface area (Å²) >= 11 is 0. The highest BCUT2D eigenvalue weighted by Crippen LogP contribution is 2.07. The minimum atomic E-state index is 0.0174. The van der Waals surface area contributed by atoms with Gasteiger partial charge in [0.05, 0.1) is 0 Å². The maximum atomic E-state index is 11.7. The van der Waals surface area contributed by atoms with Crippen molar-refractivity contribution in [2.24, 2.45) is 0 Å². The Morgan fingerprint density at radius 2 is 2.07 bits per heavy atom. The minimum absolute atomic E-state index is 0.0174. The van der Waals surface area contributed by atoms with Crippen LogP contribution < -0.4 is 5.32 Å². The molecule has 5 nitrogen and oxygen atoms in total. The van der Waals surface area contributed by atoms with Gasteiger partial charge in [-0.25, -0.2) is 0 Å². The smallest absolute Gasteiger partial charge is 0.241 e. The quantitative estimate of drug-likeness (QED) is 0.673. The number of hydrogen-bond acceptors (Lipinski definition) is 3. The zero-order chi connectivity index (χ0) is 11.4. The summed E-state index contributed by atoms with van der Waals surface area (Å²) in [6, 6.07) is 0.0675. The van der Waals surface area contributed by atoms with E-state index in [0.29, 0.717) is 19.5 Å². The lowest BCUT2D eigenvalue weighted by Gasteiger charge is -2.26. The third kappa shape index (κ3) is 2.92. The van der Waals surface area contributed by atoms with Crippen LogP contribution in [0, 0.1) is 0 Å². The number of hydrogen-bond donors (Lipinski definition) is 1. The first-order chi connectivity index (χ1) is 7.06. The molecule has 1 unspecified atom stereocenters. The molecule has 0 aromatic rings. The van der Waals surface area contributed by atoms with Crippen LogP contribution in [-0.2, 0) is 9.59 Å². The van der Waals surface area contributed by atoms with E-state index in [-0.39, 0.29) is 24.4 Å². The van der Waals surface area contributed by atoms with Gasteiger partial charge in [0.2, 0.25) is 11.8 Å². The summed E-state index contributed by atoms with van der Waals surface area (Å²) in [5.41, 5.74) is 0. The second kappa shape index (κ2) is 5.11. The van der Waals surface area contributed by atoms with Crippen LogP contribution in [0.15, 0.2) is 0 Å². The number of likely N-dealkylation sites (N-methyl/N-ethyl adjacent to an activating group) is 2. The van der Waals surface area contributed by atoms with Gasteiger partial charge in [-0.3, -0.25) is 9.59 Å². The summed E-state index contributed by atoms with van der Waals surface area (Å²) in [6.45, 7) is 3.40. The third-order valence-corrected chi connectivity index (χ3v) is 2.74. The van der Waals surface area contributed by atoms with E-state index in [9.17, 15) is 9.59 Å². The van der Waals surface area contributed by atoms with Crippen LogP contribution in [0.4, 0.5) is 0 Å². The Hall–Kier alpha value is -1.10. The predicted octanol–water partition coefficient (Wildman–Crippen LogP) is -0.715. The molecule has 2 amide bonds. The molecule has 1 atom stereocenters. The zero-order valence-electron chi connectivity index (χ0n) is 9.62. The SMILES string of the molecule is CNCC(C)N1CC(=O)N(C)CCC1=O. The van der Waals surface area contributed by atoms with E-state index in [2.05, 4.69) is 5.32 Å². The number of nitrogens with one attached hydrogen (secondary N) is 1. The zero-order valence-corrected chi connectivity index (χ0v) is 9.62. The predicted molar refractivity (Wildman–Crippen MR) is 57.4 cm³/mol. The topological polar surface area (TPSA) is 52.7 Å². The van der Waals surface area contributed by atoms with Crippen molar-refractivity contribution >= 4 is 11.8 Å². The molecular formula is C10H19N3O2. The van der Waals surface area contributed by atoms with E-state index in [1.54, 1.807) is 16.8 Å². The second-order valence-electron chi connectivity index (χ2n) is 3.99. The average Bonchev–Trinajstić information content (AvgIpc) is 2.32. The van der Waals surface area contributed by atoms with Crippen LogP contribution in [0.2, 0.25) is 0 Å². The standard InChI is InChI=1S/C10H19N3O2/c1-8(6-11-2)13-7-10(15)12(3)5-4-9(13)14/h8,11H,4-7H2,1-3H3. The fourth-order valence-electron chi connectivity index (χ4n) is 1.69. The van der Waals surface area contributed by atoms with Gasteiger partial charge >= 0.3 is 0 Å². The number of carbonyl (C=O) groups excluding carboxylic acids is 2. The molecule has 0 aromatic carbocycles. The van der Waals surface area contributed by atoms with Crippen LogP contribution >= 0.6 is 0 Å². The molecule has 86 valence electrons. The first kappa shape index (κ1) is 12.0. The molecule has 1 heterocycles. The molecule has 0 aromatic heterocycles. The normalized spacial score (nSPS) is 20.5. The lowest BCUT2D eigenvalue weighted by atomic mass is 10.2. The highest BCUT2D eigenvalue weighted by Gasteiger charge is 2.27. The van der Waals surface area contributed by atoms with Crippen molar-refractivity contribution in [2.45, 2.75) is 19.4 Å². The van der Waals surface area contributed by atoms with E-state index >= 15 is 0 Å². The number of carbonyl (C=O) groups is 2. The molecule has 0 aliphatic carbocycles. The maximum absolute atomic E-state index is 11.7. The molecule has 0 spiro atoms. The number of nitrogens with zero attached hydrogens (tertiary/aromatic N) is 2. The molecule has 0 saturated carbocycles. The van der Waals surface area contributed by atoms with Crippen LogP contribution in [-0.4, -0.2) is 61.4 Å². The van der Waals surface area contributed by atoms with Gasteiger partial charge < -0.3 is 15.1 Å². The Bertz CT molecular complexity index is 255. The molecule has 1 rings (SSSR count). The summed E-state index contributed by atoms with van der Waals surface area (Å²) < 4.78 is 0. The molecule has 5 heteroatoms. The van der Waals surface area contributed by atoms with Crippen molar-refractivity contribution in [3.05, 3.63) is 0 Å². The lowest BCUT2D eigenvalue weighted by molar-refractivity contribution is -0.137. The van der Waals surface area contributed by atoms with E-state index in [1.165, 1.54) is 0 Å². The van der Waals surface area contributed by atoms with E-state index in [4.69, 9.17) is 0 Å². The summed E-state index contributed by atoms with van der Waals surface area (Å²) in [5.74, 6) is 0.0826. The van der Waals surface area contributed by atoms with Gasteiger partial charge in [0.25, 0.3) is 0 Å². The Balaban J connectivity index is 2.69. The fraction of sp³-hybridized carbons (Fsp3) is 0.800. The van der Waals surface area contributed by atoms with Gasteiger partial charge in [0, 0.05) is 32.6 Å². The third-order valence-electron chi connectivity index (χ3n) is 2.74. The van der Waals surface area contributed by atoms with Crippen LogP contribution in [0.25, 0.3) is 0 Å². The highest BCUT2D eigenvalue weighted by molar-refractivity contribution is 5.87. The van der Waals surface area contributed by atoms with Crippen LogP contribution in [0.5, 0.6) is 0 Å². The summed E-state index contributed by atoms with van der Waals surface area (Å²) in [5, 5.41) is 3.01. The molecular weight excluding hydrogens is 194 g/mol. The molecule has 1 saturated heterocycles. The van der Waals surface area contributed by atoms with E-state index in [1.807, 2.05) is 14.0 Å². The average molecular weight is 213 g/mol. The fourth-order valence-corrected chi connectivity index (χ4v) is 1.69. The van der Waals surface area contributed by atoms with Gasteiger partial charge in [0.15, 0.2) is 0 Å². The molecule has 15 heavy (non-hydrogen) atoms. The van der Waals surface area contributed by atoms with Gasteiger partial charge in [-0.2, -0.15) is 0 Å².